The Kier molecular flexibility index (Phi) is 2.25. The van der Waals surface area contributed by atoms with Gasteiger partial charge < -0.3 is 30.6 Å². The van der Waals surface area contributed by atoms with Gasteiger partial charge in [-0.1, -0.05) is 0 Å². The Morgan fingerprint density at radius 3 is 1.17 bits per heavy atom. The van der Waals surface area contributed by atoms with Crippen LogP contribution < -0.4 is 0 Å². The average molecular weight is 178 g/mol. The molecular formula is C6H10O6. The molecule has 0 aromatic rings. The standard InChI is InChI=1S/C6H10O6/c7-1-2(8)4(10)6(12)5(11)3(1)9/h1-4,7-12H/t1-,2+,3-,4-/m1/s1. The van der Waals surface area contributed by atoms with Crippen LogP contribution in [-0.4, -0.2) is 55.1 Å². The van der Waals surface area contributed by atoms with E-state index in [9.17, 15) is 0 Å². The highest BCUT2D eigenvalue weighted by Crippen LogP contribution is 2.22. The minimum atomic E-state index is -1.76. The van der Waals surface area contributed by atoms with Crippen LogP contribution in [0.15, 0.2) is 11.5 Å². The van der Waals surface area contributed by atoms with Crippen LogP contribution in [0.3, 0.4) is 0 Å². The highest BCUT2D eigenvalue weighted by molar-refractivity contribution is 5.18. The van der Waals surface area contributed by atoms with Crippen LogP contribution in [0.5, 0.6) is 0 Å². The Bertz CT molecular complexity index is 190. The number of aliphatic hydroxyl groups is 6. The van der Waals surface area contributed by atoms with E-state index in [0.29, 0.717) is 0 Å². The first-order chi connectivity index (χ1) is 5.46. The van der Waals surface area contributed by atoms with Crippen molar-refractivity contribution >= 4 is 0 Å². The molecule has 0 aromatic heterocycles. The molecule has 0 saturated carbocycles. The summed E-state index contributed by atoms with van der Waals surface area (Å²) in [6.45, 7) is 0. The van der Waals surface area contributed by atoms with E-state index in [1.807, 2.05) is 0 Å². The summed E-state index contributed by atoms with van der Waals surface area (Å²) in [5.41, 5.74) is 0. The van der Waals surface area contributed by atoms with Crippen molar-refractivity contribution in [3.63, 3.8) is 0 Å². The maximum Gasteiger partial charge on any atom is 0.164 e. The molecule has 0 radical (unpaired) electrons. The van der Waals surface area contributed by atoms with E-state index in [1.165, 1.54) is 0 Å². The van der Waals surface area contributed by atoms with Gasteiger partial charge in [-0.3, -0.25) is 0 Å². The van der Waals surface area contributed by atoms with Gasteiger partial charge in [0.25, 0.3) is 0 Å². The molecule has 12 heavy (non-hydrogen) atoms. The minimum absolute atomic E-state index is 0.916. The van der Waals surface area contributed by atoms with E-state index in [4.69, 9.17) is 30.6 Å². The Balaban J connectivity index is 3.00. The van der Waals surface area contributed by atoms with Crippen molar-refractivity contribution in [2.45, 2.75) is 24.4 Å². The fourth-order valence-corrected chi connectivity index (χ4v) is 1.00. The van der Waals surface area contributed by atoms with Gasteiger partial charge in [-0.25, -0.2) is 0 Å². The van der Waals surface area contributed by atoms with Crippen molar-refractivity contribution in [1.29, 1.82) is 0 Å². The van der Waals surface area contributed by atoms with Gasteiger partial charge in [-0.2, -0.15) is 0 Å². The van der Waals surface area contributed by atoms with Crippen LogP contribution in [0.1, 0.15) is 0 Å². The SMILES string of the molecule is OC1=C(O)[C@H](O)[C@@H](O)[C@@H](O)[C@H]1O. The van der Waals surface area contributed by atoms with E-state index in [2.05, 4.69) is 0 Å². The van der Waals surface area contributed by atoms with Crippen molar-refractivity contribution in [2.24, 2.45) is 0 Å². The van der Waals surface area contributed by atoms with E-state index in [1.54, 1.807) is 0 Å². The summed E-state index contributed by atoms with van der Waals surface area (Å²) in [4.78, 5) is 0. The van der Waals surface area contributed by atoms with Crippen LogP contribution in [0.4, 0.5) is 0 Å². The third-order valence-electron chi connectivity index (χ3n) is 1.82. The monoisotopic (exact) mass is 178 g/mol. The first-order valence-corrected chi connectivity index (χ1v) is 3.31. The van der Waals surface area contributed by atoms with E-state index in [-0.39, 0.29) is 0 Å². The van der Waals surface area contributed by atoms with E-state index >= 15 is 0 Å². The lowest BCUT2D eigenvalue weighted by Crippen LogP contribution is -2.50. The predicted octanol–water partition coefficient (Wildman–Crippen LogP) is -2.23. The quantitative estimate of drug-likeness (QED) is 0.250. The zero-order chi connectivity index (χ0) is 9.46. The zero-order valence-electron chi connectivity index (χ0n) is 5.99. The molecule has 0 saturated heterocycles. The van der Waals surface area contributed by atoms with Crippen molar-refractivity contribution in [3.05, 3.63) is 11.5 Å². The van der Waals surface area contributed by atoms with Gasteiger partial charge in [0, 0.05) is 0 Å². The summed E-state index contributed by atoms with van der Waals surface area (Å²) in [5.74, 6) is -1.83. The van der Waals surface area contributed by atoms with Gasteiger partial charge in [0.05, 0.1) is 0 Å². The maximum atomic E-state index is 8.94. The first-order valence-electron chi connectivity index (χ1n) is 3.31. The average Bonchev–Trinajstić information content (AvgIpc) is 2.08. The topological polar surface area (TPSA) is 121 Å². The predicted molar refractivity (Wildman–Crippen MR) is 36.3 cm³/mol. The van der Waals surface area contributed by atoms with Gasteiger partial charge in [-0.15, -0.1) is 0 Å². The van der Waals surface area contributed by atoms with Gasteiger partial charge in [0.2, 0.25) is 0 Å². The Morgan fingerprint density at radius 1 is 0.667 bits per heavy atom. The second kappa shape index (κ2) is 2.91. The number of hydrogen-bond acceptors (Lipinski definition) is 6. The molecule has 0 spiro atoms. The lowest BCUT2D eigenvalue weighted by molar-refractivity contribution is -0.120. The molecule has 6 N–H and O–H groups in total. The van der Waals surface area contributed by atoms with E-state index in [0.717, 1.165) is 0 Å². The van der Waals surface area contributed by atoms with Crippen molar-refractivity contribution in [1.82, 2.24) is 0 Å². The van der Waals surface area contributed by atoms with Gasteiger partial charge in [0.15, 0.2) is 11.5 Å². The number of hydrogen-bond donors (Lipinski definition) is 6. The lowest BCUT2D eigenvalue weighted by Gasteiger charge is -2.31. The summed E-state index contributed by atoms with van der Waals surface area (Å²) in [5, 5.41) is 53.4. The molecule has 70 valence electrons. The molecule has 0 unspecified atom stereocenters. The fourth-order valence-electron chi connectivity index (χ4n) is 1.00. The molecule has 1 aliphatic carbocycles. The summed E-state index contributed by atoms with van der Waals surface area (Å²) in [6.07, 6.45) is -6.92. The van der Waals surface area contributed by atoms with Crippen LogP contribution in [0.2, 0.25) is 0 Å². The second-order valence-corrected chi connectivity index (χ2v) is 2.64. The van der Waals surface area contributed by atoms with Crippen molar-refractivity contribution in [2.75, 3.05) is 0 Å². The smallest absolute Gasteiger partial charge is 0.164 e. The molecule has 4 atom stereocenters. The van der Waals surface area contributed by atoms with Gasteiger partial charge in [-0.05, 0) is 0 Å². The van der Waals surface area contributed by atoms with Crippen molar-refractivity contribution in [3.8, 4) is 0 Å². The Hall–Kier alpha value is -0.820. The summed E-state index contributed by atoms with van der Waals surface area (Å²) >= 11 is 0. The molecule has 0 amide bonds. The first kappa shape index (κ1) is 9.27. The molecule has 6 heteroatoms. The Labute approximate surface area is 67.6 Å². The fraction of sp³-hybridized carbons (Fsp3) is 0.667. The highest BCUT2D eigenvalue weighted by Gasteiger charge is 2.41. The van der Waals surface area contributed by atoms with E-state index < -0.39 is 35.9 Å². The van der Waals surface area contributed by atoms with Crippen LogP contribution in [-0.2, 0) is 0 Å². The maximum absolute atomic E-state index is 8.94. The van der Waals surface area contributed by atoms with Gasteiger partial charge in [0.1, 0.15) is 24.4 Å². The molecule has 1 aliphatic rings. The second-order valence-electron chi connectivity index (χ2n) is 2.64. The van der Waals surface area contributed by atoms with Crippen LogP contribution in [0, 0.1) is 0 Å². The summed E-state index contributed by atoms with van der Waals surface area (Å²) in [7, 11) is 0. The normalized spacial score (nSPS) is 43.3. The zero-order valence-corrected chi connectivity index (χ0v) is 5.99. The molecule has 6 nitrogen and oxygen atoms in total. The van der Waals surface area contributed by atoms with Crippen LogP contribution >= 0.6 is 0 Å². The molecule has 0 aromatic carbocycles. The molecule has 0 fully saturated rings. The molecule has 0 aliphatic heterocycles. The van der Waals surface area contributed by atoms with Gasteiger partial charge >= 0.3 is 0 Å². The third kappa shape index (κ3) is 1.14. The third-order valence-corrected chi connectivity index (χ3v) is 1.82. The number of rotatable bonds is 0. The largest absolute Gasteiger partial charge is 0.506 e. The molecular weight excluding hydrogens is 168 g/mol. The molecule has 0 bridgehead atoms. The highest BCUT2D eigenvalue weighted by atomic mass is 16.4. The summed E-state index contributed by atoms with van der Waals surface area (Å²) in [6, 6.07) is 0. The minimum Gasteiger partial charge on any atom is -0.506 e. The van der Waals surface area contributed by atoms with Crippen LogP contribution in [0.25, 0.3) is 0 Å². The van der Waals surface area contributed by atoms with Crippen molar-refractivity contribution < 1.29 is 30.6 Å². The summed E-state index contributed by atoms with van der Waals surface area (Å²) < 4.78 is 0. The Morgan fingerprint density at radius 2 is 0.917 bits per heavy atom. The molecule has 0 heterocycles. The number of aliphatic hydroxyl groups excluding tert-OH is 6. The molecule has 1 rings (SSSR count). The lowest BCUT2D eigenvalue weighted by atomic mass is 9.93.